The summed E-state index contributed by atoms with van der Waals surface area (Å²) in [5.74, 6) is -1.02. The molecule has 0 spiro atoms. The Labute approximate surface area is 213 Å². The second-order valence-electron chi connectivity index (χ2n) is 8.31. The third-order valence-electron chi connectivity index (χ3n) is 5.39. The van der Waals surface area contributed by atoms with E-state index in [9.17, 15) is 19.3 Å². The molecule has 196 valence electrons. The molecule has 37 heavy (non-hydrogen) atoms. The number of aliphatic carboxylic acids is 1. The smallest absolute Gasteiger partial charge is 0.341 e. The quantitative estimate of drug-likeness (QED) is 0.170. The van der Waals surface area contributed by atoms with Gasteiger partial charge in [0, 0.05) is 6.07 Å². The number of carbonyl (C=O) groups is 1. The fraction of sp³-hybridized carbons (Fsp3) is 0.296. The van der Waals surface area contributed by atoms with Crippen molar-refractivity contribution in [3.05, 3.63) is 87.2 Å². The van der Waals surface area contributed by atoms with Crippen LogP contribution in [0.3, 0.4) is 0 Å². The molecule has 0 unspecified atom stereocenters. The molecule has 1 N–H and O–H groups in total. The maximum atomic E-state index is 14.2. The van der Waals surface area contributed by atoms with Gasteiger partial charge in [-0.1, -0.05) is 18.2 Å². The minimum absolute atomic E-state index is 0.0505. The Kier molecular flexibility index (Phi) is 9.65. The summed E-state index contributed by atoms with van der Waals surface area (Å²) in [5.41, 5.74) is 5.02. The van der Waals surface area contributed by atoms with Crippen molar-refractivity contribution < 1.29 is 38.4 Å². The van der Waals surface area contributed by atoms with Gasteiger partial charge in [0.2, 0.25) is 0 Å². The van der Waals surface area contributed by atoms with E-state index in [0.717, 1.165) is 39.6 Å². The van der Waals surface area contributed by atoms with Crippen LogP contribution in [-0.4, -0.2) is 36.0 Å². The zero-order chi connectivity index (χ0) is 26.8. The minimum atomic E-state index is -1.19. The minimum Gasteiger partial charge on any atom is -0.494 e. The Morgan fingerprint density at radius 2 is 1.68 bits per heavy atom. The summed E-state index contributed by atoms with van der Waals surface area (Å²) < 4.78 is 30.6. The van der Waals surface area contributed by atoms with Crippen molar-refractivity contribution in [2.24, 2.45) is 0 Å². The Balaban J connectivity index is 1.61. The van der Waals surface area contributed by atoms with Crippen molar-refractivity contribution in [2.75, 3.05) is 19.8 Å². The number of aryl methyl sites for hydroxylation is 2. The van der Waals surface area contributed by atoms with E-state index in [0.29, 0.717) is 25.2 Å². The van der Waals surface area contributed by atoms with Gasteiger partial charge in [-0.2, -0.15) is 0 Å². The number of carboxylic acid groups (broad SMARTS) is 1. The van der Waals surface area contributed by atoms with Gasteiger partial charge >= 0.3 is 5.97 Å². The molecular weight excluding hydrogens is 485 g/mol. The highest BCUT2D eigenvalue weighted by atomic mass is 19.1. The van der Waals surface area contributed by atoms with E-state index in [1.165, 1.54) is 12.1 Å². The predicted octanol–water partition coefficient (Wildman–Crippen LogP) is 5.52. The Morgan fingerprint density at radius 3 is 2.35 bits per heavy atom. The van der Waals surface area contributed by atoms with Gasteiger partial charge in [-0.05, 0) is 84.8 Å². The first-order valence-corrected chi connectivity index (χ1v) is 11.6. The van der Waals surface area contributed by atoms with Crippen molar-refractivity contribution in [1.82, 2.24) is 0 Å². The lowest BCUT2D eigenvalue weighted by atomic mass is 9.94. The molecule has 0 saturated carbocycles. The maximum absolute atomic E-state index is 14.2. The molecule has 0 fully saturated rings. The molecule has 10 heteroatoms. The van der Waals surface area contributed by atoms with Gasteiger partial charge < -0.3 is 24.2 Å². The van der Waals surface area contributed by atoms with Crippen LogP contribution in [0.25, 0.3) is 11.1 Å². The molecule has 0 aliphatic heterocycles. The van der Waals surface area contributed by atoms with Crippen LogP contribution in [0.5, 0.6) is 17.2 Å². The molecule has 9 nitrogen and oxygen atoms in total. The summed E-state index contributed by atoms with van der Waals surface area (Å²) in [6.07, 6.45) is 1.17. The monoisotopic (exact) mass is 513 g/mol. The number of hydrogen-bond donors (Lipinski definition) is 1. The number of hydrogen-bond acceptors (Lipinski definition) is 7. The average molecular weight is 514 g/mol. The molecule has 0 heterocycles. The van der Waals surface area contributed by atoms with Gasteiger partial charge in [-0.3, -0.25) is 0 Å². The lowest BCUT2D eigenvalue weighted by molar-refractivity contribution is -0.757. The van der Waals surface area contributed by atoms with Gasteiger partial charge in [0.05, 0.1) is 13.2 Å². The fourth-order valence-electron chi connectivity index (χ4n) is 3.81. The van der Waals surface area contributed by atoms with E-state index in [4.69, 9.17) is 19.3 Å². The second-order valence-corrected chi connectivity index (χ2v) is 8.31. The molecule has 0 amide bonds. The van der Waals surface area contributed by atoms with E-state index >= 15 is 0 Å². The first-order valence-electron chi connectivity index (χ1n) is 11.6. The van der Waals surface area contributed by atoms with Crippen LogP contribution in [0.2, 0.25) is 0 Å². The Morgan fingerprint density at radius 1 is 0.946 bits per heavy atom. The summed E-state index contributed by atoms with van der Waals surface area (Å²) in [6.45, 7) is 4.06. The van der Waals surface area contributed by atoms with Gasteiger partial charge in [0.25, 0.3) is 5.09 Å². The van der Waals surface area contributed by atoms with Crippen LogP contribution in [-0.2, 0) is 16.2 Å². The number of rotatable bonds is 14. The fourth-order valence-corrected chi connectivity index (χ4v) is 3.81. The van der Waals surface area contributed by atoms with Gasteiger partial charge in [-0.25, -0.2) is 9.18 Å². The third-order valence-corrected chi connectivity index (χ3v) is 5.39. The van der Waals surface area contributed by atoms with Crippen LogP contribution >= 0.6 is 0 Å². The summed E-state index contributed by atoms with van der Waals surface area (Å²) in [4.78, 5) is 25.1. The second kappa shape index (κ2) is 13.1. The van der Waals surface area contributed by atoms with Gasteiger partial charge in [0.1, 0.15) is 18.1 Å². The highest BCUT2D eigenvalue weighted by molar-refractivity contribution is 5.72. The molecular formula is C27H28FNO8. The Hall–Kier alpha value is -4.34. The van der Waals surface area contributed by atoms with Gasteiger partial charge in [0.15, 0.2) is 18.2 Å². The number of halogens is 1. The van der Waals surface area contributed by atoms with E-state index in [-0.39, 0.29) is 19.0 Å². The maximum Gasteiger partial charge on any atom is 0.341 e. The summed E-state index contributed by atoms with van der Waals surface area (Å²) >= 11 is 0. The lowest BCUT2D eigenvalue weighted by Gasteiger charge is -2.15. The lowest BCUT2D eigenvalue weighted by Crippen LogP contribution is -2.10. The van der Waals surface area contributed by atoms with Crippen molar-refractivity contribution in [2.45, 2.75) is 33.3 Å². The molecule has 0 aliphatic rings. The molecule has 0 saturated heterocycles. The van der Waals surface area contributed by atoms with Crippen molar-refractivity contribution in [1.29, 1.82) is 0 Å². The van der Waals surface area contributed by atoms with E-state index < -0.39 is 23.5 Å². The highest BCUT2D eigenvalue weighted by Gasteiger charge is 2.11. The Bertz CT molecular complexity index is 1220. The molecule has 0 radical (unpaired) electrons. The largest absolute Gasteiger partial charge is 0.494 e. The van der Waals surface area contributed by atoms with Crippen LogP contribution in [0.4, 0.5) is 4.39 Å². The number of unbranched alkanes of at least 4 members (excludes halogenated alkanes) is 1. The normalized spacial score (nSPS) is 10.6. The number of nitrogens with zero attached hydrogens (tertiary/aromatic N) is 1. The van der Waals surface area contributed by atoms with Gasteiger partial charge in [-0.15, -0.1) is 10.1 Å². The van der Waals surface area contributed by atoms with E-state index in [1.54, 1.807) is 0 Å². The van der Waals surface area contributed by atoms with E-state index in [2.05, 4.69) is 4.84 Å². The standard InChI is InChI=1S/C27H28FNO8/c1-18-12-23(34-10-3-4-11-37-29(32)33)13-19(2)27(18)21-7-5-6-20(14-21)16-35-22-8-9-25(24(28)15-22)36-17-26(30)31/h5-9,12-15H,3-4,10-11,16-17H2,1-2H3,(H,30,31). The molecule has 3 rings (SSSR count). The summed E-state index contributed by atoms with van der Waals surface area (Å²) in [5, 5.41) is 18.0. The third kappa shape index (κ3) is 8.38. The topological polar surface area (TPSA) is 117 Å². The SMILES string of the molecule is Cc1cc(OCCCCO[N+](=O)[O-])cc(C)c1-c1cccc(COc2ccc(OCC(=O)O)c(F)c2)c1. The predicted molar refractivity (Wildman–Crippen MR) is 133 cm³/mol. The highest BCUT2D eigenvalue weighted by Crippen LogP contribution is 2.32. The van der Waals surface area contributed by atoms with Crippen molar-refractivity contribution in [3.63, 3.8) is 0 Å². The summed E-state index contributed by atoms with van der Waals surface area (Å²) in [7, 11) is 0. The first-order chi connectivity index (χ1) is 17.7. The molecule has 0 aliphatic carbocycles. The molecule has 0 bridgehead atoms. The molecule has 0 aromatic heterocycles. The number of carboxylic acids is 1. The summed E-state index contributed by atoms with van der Waals surface area (Å²) in [6, 6.07) is 15.8. The van der Waals surface area contributed by atoms with E-state index in [1.807, 2.05) is 50.2 Å². The van der Waals surface area contributed by atoms with Crippen LogP contribution in [0, 0.1) is 29.8 Å². The average Bonchev–Trinajstić information content (AvgIpc) is 2.84. The first kappa shape index (κ1) is 27.3. The zero-order valence-electron chi connectivity index (χ0n) is 20.6. The molecule has 3 aromatic rings. The van der Waals surface area contributed by atoms with Crippen LogP contribution in [0.1, 0.15) is 29.5 Å². The number of benzene rings is 3. The zero-order valence-corrected chi connectivity index (χ0v) is 20.6. The molecule has 3 aromatic carbocycles. The molecule has 0 atom stereocenters. The number of ether oxygens (including phenoxy) is 3. The van der Waals surface area contributed by atoms with Crippen LogP contribution in [0.15, 0.2) is 54.6 Å². The van der Waals surface area contributed by atoms with Crippen LogP contribution < -0.4 is 14.2 Å². The van der Waals surface area contributed by atoms with Crippen molar-refractivity contribution in [3.8, 4) is 28.4 Å². The van der Waals surface area contributed by atoms with Crippen molar-refractivity contribution >= 4 is 5.97 Å².